The molecule has 2 amide bonds. The molecule has 1 saturated heterocycles. The van der Waals surface area contributed by atoms with Crippen LogP contribution in [0.1, 0.15) is 30.4 Å². The molecule has 1 aromatic heterocycles. The minimum atomic E-state index is -0.0255. The van der Waals surface area contributed by atoms with Crippen LogP contribution in [0, 0.1) is 6.92 Å². The van der Waals surface area contributed by atoms with E-state index in [-0.39, 0.29) is 12.1 Å². The number of hydrogen-bond acceptors (Lipinski definition) is 3. The van der Waals surface area contributed by atoms with Gasteiger partial charge in [0.2, 0.25) is 0 Å². The Morgan fingerprint density at radius 2 is 2.35 bits per heavy atom. The molecule has 6 heteroatoms. The van der Waals surface area contributed by atoms with Crippen molar-refractivity contribution in [2.45, 2.75) is 45.4 Å². The Bertz CT molecular complexity index is 681. The van der Waals surface area contributed by atoms with Crippen molar-refractivity contribution in [1.82, 2.24) is 20.0 Å². The fourth-order valence-electron chi connectivity index (χ4n) is 3.27. The maximum absolute atomic E-state index is 12.7. The summed E-state index contributed by atoms with van der Waals surface area (Å²) in [7, 11) is 0. The maximum atomic E-state index is 12.7. The highest BCUT2D eigenvalue weighted by Gasteiger charge is 2.22. The Kier molecular flexibility index (Phi) is 6.66. The fraction of sp³-hybridized carbons (Fsp3) is 0.500. The lowest BCUT2D eigenvalue weighted by Gasteiger charge is -2.26. The van der Waals surface area contributed by atoms with Crippen molar-refractivity contribution in [3.63, 3.8) is 0 Å². The minimum Gasteiger partial charge on any atom is -0.376 e. The highest BCUT2D eigenvalue weighted by atomic mass is 16.5. The van der Waals surface area contributed by atoms with Gasteiger partial charge in [-0.3, -0.25) is 4.68 Å². The molecule has 0 bridgehead atoms. The summed E-state index contributed by atoms with van der Waals surface area (Å²) in [4.78, 5) is 14.6. The lowest BCUT2D eigenvalue weighted by atomic mass is 10.1. The van der Waals surface area contributed by atoms with E-state index >= 15 is 0 Å². The summed E-state index contributed by atoms with van der Waals surface area (Å²) in [6, 6.07) is 10.2. The summed E-state index contributed by atoms with van der Waals surface area (Å²) in [6.07, 6.45) is 6.80. The van der Waals surface area contributed by atoms with Gasteiger partial charge in [-0.15, -0.1) is 0 Å². The van der Waals surface area contributed by atoms with Crippen LogP contribution in [0.3, 0.4) is 0 Å². The molecule has 1 aliphatic rings. The molecule has 2 heterocycles. The van der Waals surface area contributed by atoms with Gasteiger partial charge in [-0.25, -0.2) is 4.79 Å². The van der Waals surface area contributed by atoms with E-state index in [1.165, 1.54) is 5.56 Å². The summed E-state index contributed by atoms with van der Waals surface area (Å²) in [6.45, 7) is 5.55. The third-order valence-electron chi connectivity index (χ3n) is 4.59. The molecular weight excluding hydrogens is 328 g/mol. The number of ether oxygens (including phenoxy) is 1. The average molecular weight is 356 g/mol. The number of urea groups is 1. The Hall–Kier alpha value is -2.34. The molecule has 1 unspecified atom stereocenters. The first-order chi connectivity index (χ1) is 12.7. The second-order valence-electron chi connectivity index (χ2n) is 6.86. The SMILES string of the molecule is Cc1cccc(CN(CC2CCCO2)C(=O)NCCCn2cccn2)c1. The summed E-state index contributed by atoms with van der Waals surface area (Å²) < 4.78 is 7.61. The van der Waals surface area contributed by atoms with Crippen molar-refractivity contribution in [3.05, 3.63) is 53.9 Å². The van der Waals surface area contributed by atoms with Crippen LogP contribution in [0.2, 0.25) is 0 Å². The van der Waals surface area contributed by atoms with E-state index in [1.54, 1.807) is 6.20 Å². The molecule has 0 aliphatic carbocycles. The highest BCUT2D eigenvalue weighted by molar-refractivity contribution is 5.74. The molecule has 1 atom stereocenters. The molecule has 140 valence electrons. The van der Waals surface area contributed by atoms with Crippen molar-refractivity contribution in [3.8, 4) is 0 Å². The van der Waals surface area contributed by atoms with E-state index in [0.29, 0.717) is 19.6 Å². The number of aryl methyl sites for hydroxylation is 2. The van der Waals surface area contributed by atoms with E-state index in [1.807, 2.05) is 27.9 Å². The van der Waals surface area contributed by atoms with Gasteiger partial charge in [-0.05, 0) is 37.8 Å². The summed E-state index contributed by atoms with van der Waals surface area (Å²) >= 11 is 0. The van der Waals surface area contributed by atoms with Crippen LogP contribution in [0.5, 0.6) is 0 Å². The molecule has 6 nitrogen and oxygen atoms in total. The van der Waals surface area contributed by atoms with Gasteiger partial charge in [0.1, 0.15) is 0 Å². The first-order valence-electron chi connectivity index (χ1n) is 9.38. The number of aromatic nitrogens is 2. The molecule has 26 heavy (non-hydrogen) atoms. The monoisotopic (exact) mass is 356 g/mol. The highest BCUT2D eigenvalue weighted by Crippen LogP contribution is 2.16. The molecule has 2 aromatic rings. The predicted molar refractivity (Wildman–Crippen MR) is 101 cm³/mol. The zero-order chi connectivity index (χ0) is 18.2. The zero-order valence-corrected chi connectivity index (χ0v) is 15.4. The summed E-state index contributed by atoms with van der Waals surface area (Å²) in [5.41, 5.74) is 2.36. The van der Waals surface area contributed by atoms with Gasteiger partial charge in [0.25, 0.3) is 0 Å². The largest absolute Gasteiger partial charge is 0.376 e. The number of benzene rings is 1. The first kappa shape index (κ1) is 18.5. The molecule has 0 saturated carbocycles. The Labute approximate surface area is 155 Å². The van der Waals surface area contributed by atoms with Gasteiger partial charge in [-0.2, -0.15) is 5.10 Å². The lowest BCUT2D eigenvalue weighted by Crippen LogP contribution is -2.43. The zero-order valence-electron chi connectivity index (χ0n) is 15.4. The van der Waals surface area contributed by atoms with Crippen LogP contribution in [-0.2, 0) is 17.8 Å². The molecule has 0 radical (unpaired) electrons. The van der Waals surface area contributed by atoms with Crippen LogP contribution in [0.15, 0.2) is 42.7 Å². The molecule has 1 fully saturated rings. The molecule has 1 aromatic carbocycles. The van der Waals surface area contributed by atoms with Crippen molar-refractivity contribution < 1.29 is 9.53 Å². The second-order valence-corrected chi connectivity index (χ2v) is 6.86. The van der Waals surface area contributed by atoms with E-state index < -0.39 is 0 Å². The third-order valence-corrected chi connectivity index (χ3v) is 4.59. The number of rotatable bonds is 8. The predicted octanol–water partition coefficient (Wildman–Crippen LogP) is 2.97. The number of hydrogen-bond donors (Lipinski definition) is 1. The third kappa shape index (κ3) is 5.59. The molecular formula is C20H28N4O2. The van der Waals surface area contributed by atoms with Crippen LogP contribution >= 0.6 is 0 Å². The van der Waals surface area contributed by atoms with Gasteiger partial charge in [0.15, 0.2) is 0 Å². The minimum absolute atomic E-state index is 0.0255. The molecule has 1 aliphatic heterocycles. The second kappa shape index (κ2) is 9.38. The lowest BCUT2D eigenvalue weighted by molar-refractivity contribution is 0.0794. The summed E-state index contributed by atoms with van der Waals surface area (Å²) in [5, 5.41) is 7.22. The van der Waals surface area contributed by atoms with Crippen molar-refractivity contribution in [2.24, 2.45) is 0 Å². The van der Waals surface area contributed by atoms with Gasteiger partial charge in [0.05, 0.1) is 6.10 Å². The van der Waals surface area contributed by atoms with E-state index in [4.69, 9.17) is 4.74 Å². The Morgan fingerprint density at radius 3 is 3.08 bits per heavy atom. The van der Waals surface area contributed by atoms with Crippen LogP contribution < -0.4 is 5.32 Å². The Balaban J connectivity index is 1.53. The Morgan fingerprint density at radius 1 is 1.42 bits per heavy atom. The maximum Gasteiger partial charge on any atom is 0.317 e. The topological polar surface area (TPSA) is 59.4 Å². The number of carbonyl (C=O) groups excluding carboxylic acids is 1. The number of nitrogens with one attached hydrogen (secondary N) is 1. The number of amides is 2. The van der Waals surface area contributed by atoms with Crippen LogP contribution in [0.4, 0.5) is 4.79 Å². The first-order valence-corrected chi connectivity index (χ1v) is 9.38. The molecule has 3 rings (SSSR count). The van der Waals surface area contributed by atoms with E-state index in [2.05, 4.69) is 35.5 Å². The van der Waals surface area contributed by atoms with Gasteiger partial charge < -0.3 is 15.0 Å². The van der Waals surface area contributed by atoms with Crippen molar-refractivity contribution in [1.29, 1.82) is 0 Å². The van der Waals surface area contributed by atoms with Crippen LogP contribution in [-0.4, -0.2) is 46.5 Å². The van der Waals surface area contributed by atoms with E-state index in [9.17, 15) is 4.79 Å². The average Bonchev–Trinajstić information content (AvgIpc) is 3.32. The van der Waals surface area contributed by atoms with Crippen molar-refractivity contribution in [2.75, 3.05) is 19.7 Å². The smallest absolute Gasteiger partial charge is 0.317 e. The van der Waals surface area contributed by atoms with Gasteiger partial charge in [0, 0.05) is 45.2 Å². The summed E-state index contributed by atoms with van der Waals surface area (Å²) in [5.74, 6) is 0. The number of carbonyl (C=O) groups is 1. The van der Waals surface area contributed by atoms with Crippen molar-refractivity contribution >= 4 is 6.03 Å². The molecule has 1 N–H and O–H groups in total. The standard InChI is InChI=1S/C20H28N4O2/c1-17-6-2-7-18(14-17)15-23(16-19-8-3-13-26-19)20(25)21-9-4-11-24-12-5-10-22-24/h2,5-7,10,12,14,19H,3-4,8-9,11,13,15-16H2,1H3,(H,21,25). The fourth-order valence-corrected chi connectivity index (χ4v) is 3.27. The van der Waals surface area contributed by atoms with Gasteiger partial charge >= 0.3 is 6.03 Å². The molecule has 0 spiro atoms. The van der Waals surface area contributed by atoms with Crippen LogP contribution in [0.25, 0.3) is 0 Å². The van der Waals surface area contributed by atoms with E-state index in [0.717, 1.165) is 38.0 Å². The normalized spacial score (nSPS) is 16.6. The quantitative estimate of drug-likeness (QED) is 0.740. The number of nitrogens with zero attached hydrogens (tertiary/aromatic N) is 3. The van der Waals surface area contributed by atoms with Gasteiger partial charge in [-0.1, -0.05) is 29.8 Å².